The van der Waals surface area contributed by atoms with Crippen molar-refractivity contribution in [1.29, 1.82) is 0 Å². The van der Waals surface area contributed by atoms with Gasteiger partial charge in [-0.05, 0) is 31.6 Å². The highest BCUT2D eigenvalue weighted by atomic mass is 16.4. The maximum Gasteiger partial charge on any atom is 0.323 e. The van der Waals surface area contributed by atoms with Crippen LogP contribution in [0.4, 0.5) is 4.79 Å². The Morgan fingerprint density at radius 3 is 2.20 bits per heavy atom. The second kappa shape index (κ2) is 7.50. The van der Waals surface area contributed by atoms with Gasteiger partial charge in [-0.15, -0.1) is 0 Å². The fourth-order valence-electron chi connectivity index (χ4n) is 3.45. The largest absolute Gasteiger partial charge is 0.480 e. The van der Waals surface area contributed by atoms with E-state index in [4.69, 9.17) is 5.11 Å². The number of nitrogens with one attached hydrogen (secondary N) is 1. The lowest BCUT2D eigenvalue weighted by Gasteiger charge is -2.29. The van der Waals surface area contributed by atoms with Crippen LogP contribution in [-0.4, -0.2) is 41.1 Å². The number of hydrogen-bond donors (Lipinski definition) is 2. The minimum Gasteiger partial charge on any atom is -0.480 e. The molecule has 0 saturated heterocycles. The Labute approximate surface area is 120 Å². The van der Waals surface area contributed by atoms with Crippen LogP contribution in [0.25, 0.3) is 0 Å². The molecule has 0 aromatic heterocycles. The van der Waals surface area contributed by atoms with Crippen molar-refractivity contribution in [2.24, 2.45) is 5.92 Å². The molecule has 0 heterocycles. The summed E-state index contributed by atoms with van der Waals surface area (Å²) in [4.78, 5) is 24.7. The lowest BCUT2D eigenvalue weighted by atomic mass is 9.89. The minimum absolute atomic E-state index is 0.109. The number of carbonyl (C=O) groups excluding carboxylic acids is 1. The molecule has 2 fully saturated rings. The van der Waals surface area contributed by atoms with Crippen molar-refractivity contribution >= 4 is 12.0 Å². The van der Waals surface area contributed by atoms with E-state index in [1.54, 1.807) is 0 Å². The van der Waals surface area contributed by atoms with E-state index in [0.29, 0.717) is 12.5 Å². The van der Waals surface area contributed by atoms with E-state index < -0.39 is 5.97 Å². The Kier molecular flexibility index (Phi) is 5.68. The summed E-state index contributed by atoms with van der Waals surface area (Å²) in [6.07, 6.45) is 10.2. The third-order valence-corrected chi connectivity index (χ3v) is 4.60. The van der Waals surface area contributed by atoms with E-state index in [1.807, 2.05) is 0 Å². The van der Waals surface area contributed by atoms with Crippen LogP contribution in [0, 0.1) is 5.92 Å². The normalized spacial score (nSPS) is 20.8. The number of carboxylic acid groups (broad SMARTS) is 1. The molecule has 0 aliphatic heterocycles. The first-order chi connectivity index (χ1) is 9.66. The molecule has 0 aromatic carbocycles. The third kappa shape index (κ3) is 4.39. The van der Waals surface area contributed by atoms with Crippen LogP contribution >= 0.6 is 0 Å². The summed E-state index contributed by atoms with van der Waals surface area (Å²) in [6, 6.07) is -0.0812. The molecule has 0 unspecified atom stereocenters. The van der Waals surface area contributed by atoms with Crippen molar-refractivity contribution in [1.82, 2.24) is 10.2 Å². The van der Waals surface area contributed by atoms with E-state index in [1.165, 1.54) is 37.0 Å². The summed E-state index contributed by atoms with van der Waals surface area (Å²) in [5.41, 5.74) is 0. The van der Waals surface area contributed by atoms with Gasteiger partial charge in [0.2, 0.25) is 0 Å². The summed E-state index contributed by atoms with van der Waals surface area (Å²) in [6.45, 7) is 0.517. The first kappa shape index (κ1) is 15.1. The molecule has 5 nitrogen and oxygen atoms in total. The summed E-state index contributed by atoms with van der Waals surface area (Å²) in [5.74, 6) is -0.354. The van der Waals surface area contributed by atoms with Gasteiger partial charge in [0, 0.05) is 12.6 Å². The number of carbonyl (C=O) groups is 2. The van der Waals surface area contributed by atoms with E-state index in [2.05, 4.69) is 5.32 Å². The Bertz CT molecular complexity index is 334. The second-order valence-corrected chi connectivity index (χ2v) is 6.15. The van der Waals surface area contributed by atoms with Crippen LogP contribution < -0.4 is 5.32 Å². The van der Waals surface area contributed by atoms with Crippen LogP contribution in [0.1, 0.15) is 57.8 Å². The number of rotatable bonds is 5. The molecule has 0 atom stereocenters. The number of carboxylic acids is 1. The van der Waals surface area contributed by atoms with Gasteiger partial charge in [-0.1, -0.05) is 32.1 Å². The molecular weight excluding hydrogens is 256 g/mol. The first-order valence-electron chi connectivity index (χ1n) is 7.93. The smallest absolute Gasteiger partial charge is 0.323 e. The van der Waals surface area contributed by atoms with Gasteiger partial charge in [-0.3, -0.25) is 4.79 Å². The fourth-order valence-corrected chi connectivity index (χ4v) is 3.45. The standard InChI is InChI=1S/C15H26N2O3/c18-14(19)11-17(13-8-4-5-9-13)15(20)16-10-12-6-2-1-3-7-12/h12-13H,1-11H2,(H,16,20)(H,18,19). The van der Waals surface area contributed by atoms with Gasteiger partial charge in [0.05, 0.1) is 0 Å². The molecule has 5 heteroatoms. The molecule has 0 spiro atoms. The van der Waals surface area contributed by atoms with Gasteiger partial charge in [0.25, 0.3) is 0 Å². The van der Waals surface area contributed by atoms with Gasteiger partial charge in [-0.25, -0.2) is 4.79 Å². The molecule has 0 bridgehead atoms. The highest BCUT2D eigenvalue weighted by Gasteiger charge is 2.28. The fraction of sp³-hybridized carbons (Fsp3) is 0.867. The van der Waals surface area contributed by atoms with Gasteiger partial charge in [0.15, 0.2) is 0 Å². The Morgan fingerprint density at radius 1 is 1.00 bits per heavy atom. The highest BCUT2D eigenvalue weighted by Crippen LogP contribution is 2.24. The van der Waals surface area contributed by atoms with Crippen molar-refractivity contribution < 1.29 is 14.7 Å². The molecule has 2 rings (SSSR count). The van der Waals surface area contributed by atoms with Crippen LogP contribution in [-0.2, 0) is 4.79 Å². The number of aliphatic carboxylic acids is 1. The van der Waals surface area contributed by atoms with E-state index >= 15 is 0 Å². The number of hydrogen-bond acceptors (Lipinski definition) is 2. The van der Waals surface area contributed by atoms with Gasteiger partial charge >= 0.3 is 12.0 Å². The predicted octanol–water partition coefficient (Wildman–Crippen LogP) is 2.61. The van der Waals surface area contributed by atoms with Crippen LogP contribution in [0.15, 0.2) is 0 Å². The third-order valence-electron chi connectivity index (χ3n) is 4.60. The number of amides is 2. The number of urea groups is 1. The van der Waals surface area contributed by atoms with Crippen LogP contribution in [0.3, 0.4) is 0 Å². The van der Waals surface area contributed by atoms with Crippen molar-refractivity contribution in [3.8, 4) is 0 Å². The predicted molar refractivity (Wildman–Crippen MR) is 76.6 cm³/mol. The zero-order valence-corrected chi connectivity index (χ0v) is 12.1. The zero-order valence-electron chi connectivity index (χ0n) is 12.1. The maximum atomic E-state index is 12.3. The monoisotopic (exact) mass is 282 g/mol. The van der Waals surface area contributed by atoms with Crippen LogP contribution in [0.5, 0.6) is 0 Å². The average molecular weight is 282 g/mol. The first-order valence-corrected chi connectivity index (χ1v) is 7.93. The minimum atomic E-state index is -0.926. The summed E-state index contributed by atoms with van der Waals surface area (Å²) < 4.78 is 0. The second-order valence-electron chi connectivity index (χ2n) is 6.15. The Morgan fingerprint density at radius 2 is 1.60 bits per heavy atom. The lowest BCUT2D eigenvalue weighted by molar-refractivity contribution is -0.138. The molecule has 0 radical (unpaired) electrons. The molecule has 20 heavy (non-hydrogen) atoms. The van der Waals surface area contributed by atoms with E-state index in [0.717, 1.165) is 25.7 Å². The molecular formula is C15H26N2O3. The van der Waals surface area contributed by atoms with Crippen molar-refractivity contribution in [3.63, 3.8) is 0 Å². The molecule has 114 valence electrons. The number of nitrogens with zero attached hydrogens (tertiary/aromatic N) is 1. The zero-order chi connectivity index (χ0) is 14.4. The Balaban J connectivity index is 1.83. The summed E-state index contributed by atoms with van der Waals surface area (Å²) in [5, 5.41) is 11.9. The van der Waals surface area contributed by atoms with Crippen molar-refractivity contribution in [2.45, 2.75) is 63.8 Å². The van der Waals surface area contributed by atoms with Gasteiger partial charge in [0.1, 0.15) is 6.54 Å². The maximum absolute atomic E-state index is 12.3. The molecule has 2 N–H and O–H groups in total. The van der Waals surface area contributed by atoms with Crippen molar-refractivity contribution in [3.05, 3.63) is 0 Å². The van der Waals surface area contributed by atoms with Crippen LogP contribution in [0.2, 0.25) is 0 Å². The topological polar surface area (TPSA) is 69.6 Å². The molecule has 0 aromatic rings. The average Bonchev–Trinajstić information content (AvgIpc) is 2.97. The molecule has 2 aliphatic rings. The molecule has 2 amide bonds. The van der Waals surface area contributed by atoms with Gasteiger partial charge in [-0.2, -0.15) is 0 Å². The SMILES string of the molecule is O=C(O)CN(C(=O)NCC1CCCCC1)C1CCCC1. The van der Waals surface area contributed by atoms with Crippen molar-refractivity contribution in [2.75, 3.05) is 13.1 Å². The molecule has 2 aliphatic carbocycles. The summed E-state index contributed by atoms with van der Waals surface area (Å²) >= 11 is 0. The van der Waals surface area contributed by atoms with E-state index in [-0.39, 0.29) is 18.6 Å². The highest BCUT2D eigenvalue weighted by molar-refractivity contribution is 5.80. The Hall–Kier alpha value is -1.26. The lowest BCUT2D eigenvalue weighted by Crippen LogP contribution is -2.48. The summed E-state index contributed by atoms with van der Waals surface area (Å²) in [7, 11) is 0. The van der Waals surface area contributed by atoms with E-state index in [9.17, 15) is 9.59 Å². The van der Waals surface area contributed by atoms with Gasteiger partial charge < -0.3 is 15.3 Å². The molecule has 2 saturated carbocycles. The quantitative estimate of drug-likeness (QED) is 0.814.